The van der Waals surface area contributed by atoms with E-state index in [4.69, 9.17) is 16.3 Å². The minimum Gasteiger partial charge on any atom is -0.496 e. The number of ether oxygens (including phenoxy) is 1. The fraction of sp³-hybridized carbons (Fsp3) is 0.125. The van der Waals surface area contributed by atoms with Crippen LogP contribution in [0.25, 0.3) is 16.7 Å². The first-order valence-corrected chi connectivity index (χ1v) is 11.4. The van der Waals surface area contributed by atoms with Crippen molar-refractivity contribution in [1.82, 2.24) is 19.2 Å². The first-order valence-electron chi connectivity index (χ1n) is 10.0. The maximum absolute atomic E-state index is 13.4. The molecule has 32 heavy (non-hydrogen) atoms. The van der Waals surface area contributed by atoms with Crippen molar-refractivity contribution in [3.63, 3.8) is 0 Å². The van der Waals surface area contributed by atoms with Gasteiger partial charge in [0.1, 0.15) is 5.75 Å². The van der Waals surface area contributed by atoms with Crippen LogP contribution < -0.4 is 10.3 Å². The lowest BCUT2D eigenvalue weighted by molar-refractivity contribution is 0.408. The molecule has 0 radical (unpaired) electrons. The Labute approximate surface area is 193 Å². The van der Waals surface area contributed by atoms with Crippen LogP contribution in [0.1, 0.15) is 11.1 Å². The number of thioether (sulfide) groups is 1. The minimum atomic E-state index is -0.113. The Balaban J connectivity index is 1.64. The monoisotopic (exact) mass is 462 g/mol. The molecule has 0 bridgehead atoms. The fourth-order valence-corrected chi connectivity index (χ4v) is 4.84. The number of halogens is 1. The van der Waals surface area contributed by atoms with Crippen molar-refractivity contribution in [2.75, 3.05) is 7.11 Å². The summed E-state index contributed by atoms with van der Waals surface area (Å²) in [5.74, 6) is 1.90. The van der Waals surface area contributed by atoms with E-state index in [9.17, 15) is 4.79 Å². The lowest BCUT2D eigenvalue weighted by Crippen LogP contribution is -2.24. The van der Waals surface area contributed by atoms with E-state index in [0.29, 0.717) is 33.6 Å². The van der Waals surface area contributed by atoms with Crippen LogP contribution in [0.3, 0.4) is 0 Å². The molecule has 3 aromatic carbocycles. The van der Waals surface area contributed by atoms with Gasteiger partial charge < -0.3 is 4.74 Å². The summed E-state index contributed by atoms with van der Waals surface area (Å²) in [4.78, 5) is 13.4. The molecule has 2 aromatic heterocycles. The van der Waals surface area contributed by atoms with Gasteiger partial charge in [-0.1, -0.05) is 65.8 Å². The molecule has 8 heteroatoms. The standard InChI is InChI=1S/C24H19ClN4O2S/c1-31-21-12-5-2-8-17(21)14-28-22(30)19-10-3-4-11-20(19)29-23(28)26-27-24(29)32-15-16-7-6-9-18(25)13-16/h2-13H,14-15H2,1H3. The van der Waals surface area contributed by atoms with Crippen LogP contribution in [0.4, 0.5) is 0 Å². The van der Waals surface area contributed by atoms with Crippen molar-refractivity contribution in [3.8, 4) is 5.75 Å². The highest BCUT2D eigenvalue weighted by molar-refractivity contribution is 7.98. The maximum atomic E-state index is 13.4. The molecule has 0 fully saturated rings. The van der Waals surface area contributed by atoms with Gasteiger partial charge >= 0.3 is 0 Å². The lowest BCUT2D eigenvalue weighted by Gasteiger charge is -2.13. The van der Waals surface area contributed by atoms with Gasteiger partial charge in [-0.25, -0.2) is 0 Å². The third-order valence-corrected chi connectivity index (χ3v) is 6.49. The summed E-state index contributed by atoms with van der Waals surface area (Å²) in [7, 11) is 1.62. The predicted octanol–water partition coefficient (Wildman–Crippen LogP) is 5.05. The molecule has 0 aliphatic heterocycles. The Morgan fingerprint density at radius 3 is 2.66 bits per heavy atom. The van der Waals surface area contributed by atoms with E-state index in [-0.39, 0.29) is 5.56 Å². The van der Waals surface area contributed by atoms with Crippen LogP contribution in [-0.4, -0.2) is 26.3 Å². The van der Waals surface area contributed by atoms with Crippen LogP contribution >= 0.6 is 23.4 Å². The molecule has 2 heterocycles. The molecule has 0 aliphatic rings. The van der Waals surface area contributed by atoms with Gasteiger partial charge in [0.05, 0.1) is 24.6 Å². The van der Waals surface area contributed by atoms with E-state index >= 15 is 0 Å². The number of hydrogen-bond donors (Lipinski definition) is 0. The number of aromatic nitrogens is 4. The van der Waals surface area contributed by atoms with Crippen LogP contribution in [0.5, 0.6) is 5.75 Å². The van der Waals surface area contributed by atoms with Gasteiger partial charge in [-0.15, -0.1) is 10.2 Å². The van der Waals surface area contributed by atoms with Crippen molar-refractivity contribution in [1.29, 1.82) is 0 Å². The molecule has 0 aliphatic carbocycles. The third kappa shape index (κ3) is 3.74. The molecule has 5 aromatic rings. The smallest absolute Gasteiger partial charge is 0.263 e. The van der Waals surface area contributed by atoms with E-state index in [1.54, 1.807) is 23.4 Å². The zero-order chi connectivity index (χ0) is 22.1. The van der Waals surface area contributed by atoms with Crippen molar-refractivity contribution in [2.45, 2.75) is 17.5 Å². The van der Waals surface area contributed by atoms with Gasteiger partial charge in [0.25, 0.3) is 5.56 Å². The normalized spacial score (nSPS) is 11.3. The summed E-state index contributed by atoms with van der Waals surface area (Å²) in [6.45, 7) is 0.328. The second-order valence-corrected chi connectivity index (χ2v) is 8.64. The van der Waals surface area contributed by atoms with Gasteiger partial charge in [0.15, 0.2) is 5.16 Å². The summed E-state index contributed by atoms with van der Waals surface area (Å²) in [5.41, 5.74) is 2.65. The van der Waals surface area contributed by atoms with E-state index < -0.39 is 0 Å². The zero-order valence-corrected chi connectivity index (χ0v) is 18.8. The van der Waals surface area contributed by atoms with Crippen LogP contribution in [-0.2, 0) is 12.3 Å². The Bertz CT molecular complexity index is 1490. The molecule has 160 valence electrons. The second kappa shape index (κ2) is 8.68. The highest BCUT2D eigenvalue weighted by Gasteiger charge is 2.18. The Hall–Kier alpha value is -3.29. The first kappa shape index (κ1) is 20.6. The topological polar surface area (TPSA) is 61.4 Å². The molecular formula is C24H19ClN4O2S. The summed E-state index contributed by atoms with van der Waals surface area (Å²) in [5, 5.41) is 10.8. The van der Waals surface area contributed by atoms with Gasteiger partial charge in [0.2, 0.25) is 5.78 Å². The SMILES string of the molecule is COc1ccccc1Cn1c(=O)c2ccccc2n2c(SCc3cccc(Cl)c3)nnc12. The average molecular weight is 463 g/mol. The lowest BCUT2D eigenvalue weighted by atomic mass is 10.2. The molecule has 6 nitrogen and oxygen atoms in total. The molecule has 0 atom stereocenters. The quantitative estimate of drug-likeness (QED) is 0.330. The Morgan fingerprint density at radius 1 is 1.00 bits per heavy atom. The van der Waals surface area contributed by atoms with Gasteiger partial charge in [-0.3, -0.25) is 13.8 Å². The van der Waals surface area contributed by atoms with Gasteiger partial charge in [-0.05, 0) is 35.9 Å². The van der Waals surface area contributed by atoms with Gasteiger partial charge in [0, 0.05) is 16.3 Å². The number of methoxy groups -OCH3 is 1. The van der Waals surface area contributed by atoms with Crippen molar-refractivity contribution in [3.05, 3.63) is 99.3 Å². The van der Waals surface area contributed by atoms with Crippen molar-refractivity contribution in [2.24, 2.45) is 0 Å². The minimum absolute atomic E-state index is 0.113. The summed E-state index contributed by atoms with van der Waals surface area (Å²) in [6, 6.07) is 22.9. The largest absolute Gasteiger partial charge is 0.496 e. The molecule has 5 rings (SSSR count). The molecule has 0 spiro atoms. The number of fused-ring (bicyclic) bond motifs is 3. The molecular weight excluding hydrogens is 444 g/mol. The fourth-order valence-electron chi connectivity index (χ4n) is 3.75. The number of para-hydroxylation sites is 2. The molecule has 0 saturated heterocycles. The Morgan fingerprint density at radius 2 is 1.81 bits per heavy atom. The highest BCUT2D eigenvalue weighted by atomic mass is 35.5. The average Bonchev–Trinajstić information content (AvgIpc) is 3.25. The second-order valence-electron chi connectivity index (χ2n) is 7.26. The summed E-state index contributed by atoms with van der Waals surface area (Å²) < 4.78 is 9.08. The molecule has 0 saturated carbocycles. The summed E-state index contributed by atoms with van der Waals surface area (Å²) >= 11 is 7.68. The summed E-state index contributed by atoms with van der Waals surface area (Å²) in [6.07, 6.45) is 0. The maximum Gasteiger partial charge on any atom is 0.263 e. The van der Waals surface area contributed by atoms with E-state index in [1.165, 1.54) is 0 Å². The third-order valence-electron chi connectivity index (χ3n) is 5.26. The van der Waals surface area contributed by atoms with Gasteiger partial charge in [-0.2, -0.15) is 0 Å². The van der Waals surface area contributed by atoms with Crippen molar-refractivity contribution < 1.29 is 4.74 Å². The van der Waals surface area contributed by atoms with E-state index in [1.807, 2.05) is 77.2 Å². The highest BCUT2D eigenvalue weighted by Crippen LogP contribution is 2.26. The van der Waals surface area contributed by atoms with Crippen molar-refractivity contribution >= 4 is 40.0 Å². The van der Waals surface area contributed by atoms with Crippen LogP contribution in [0.2, 0.25) is 5.02 Å². The van der Waals surface area contributed by atoms with E-state index in [0.717, 1.165) is 22.4 Å². The first-order chi connectivity index (χ1) is 15.7. The van der Waals surface area contributed by atoms with E-state index in [2.05, 4.69) is 10.2 Å². The number of hydrogen-bond acceptors (Lipinski definition) is 5. The number of rotatable bonds is 6. The van der Waals surface area contributed by atoms with Crippen LogP contribution in [0.15, 0.2) is 82.7 Å². The zero-order valence-electron chi connectivity index (χ0n) is 17.2. The number of benzene rings is 3. The Kier molecular flexibility index (Phi) is 5.59. The predicted molar refractivity (Wildman–Crippen MR) is 128 cm³/mol. The van der Waals surface area contributed by atoms with Crippen LogP contribution in [0, 0.1) is 0 Å². The number of nitrogens with zero attached hydrogens (tertiary/aromatic N) is 4. The molecule has 0 N–H and O–H groups in total. The molecule has 0 unspecified atom stereocenters. The molecule has 0 amide bonds.